The second-order valence-electron chi connectivity index (χ2n) is 6.82. The highest BCUT2D eigenvalue weighted by molar-refractivity contribution is 6.76. The summed E-state index contributed by atoms with van der Waals surface area (Å²) in [5.74, 6) is 0.550. The van der Waals surface area contributed by atoms with E-state index in [1.54, 1.807) is 14.2 Å². The van der Waals surface area contributed by atoms with E-state index >= 15 is 0 Å². The zero-order chi connectivity index (χ0) is 14.2. The smallest absolute Gasteiger partial charge is 0.0546 e. The van der Waals surface area contributed by atoms with Gasteiger partial charge in [0.1, 0.15) is 0 Å². The van der Waals surface area contributed by atoms with Crippen LogP contribution in [-0.4, -0.2) is 35.5 Å². The summed E-state index contributed by atoms with van der Waals surface area (Å²) in [6.45, 7) is 13.2. The van der Waals surface area contributed by atoms with Crippen LogP contribution in [-0.2, 0) is 9.47 Å². The molecule has 0 saturated heterocycles. The van der Waals surface area contributed by atoms with E-state index in [1.807, 2.05) is 0 Å². The first-order valence-electron chi connectivity index (χ1n) is 6.90. The van der Waals surface area contributed by atoms with Crippen molar-refractivity contribution in [2.75, 3.05) is 27.4 Å². The SMILES string of the molecule is COCC(C/C=C/C[Si](C)(C)C)(COC)C(C)C. The average molecular weight is 273 g/mol. The number of methoxy groups -OCH3 is 2. The molecule has 0 N–H and O–H groups in total. The van der Waals surface area contributed by atoms with E-state index in [-0.39, 0.29) is 5.41 Å². The van der Waals surface area contributed by atoms with Crippen molar-refractivity contribution < 1.29 is 9.47 Å². The van der Waals surface area contributed by atoms with E-state index in [4.69, 9.17) is 9.47 Å². The first-order chi connectivity index (χ1) is 8.27. The van der Waals surface area contributed by atoms with Gasteiger partial charge < -0.3 is 9.47 Å². The lowest BCUT2D eigenvalue weighted by Gasteiger charge is -2.35. The molecule has 0 rings (SSSR count). The molecule has 0 aliphatic heterocycles. The Bertz CT molecular complexity index is 235. The molecule has 0 heterocycles. The molecule has 0 aromatic rings. The molecule has 0 bridgehead atoms. The highest BCUT2D eigenvalue weighted by Gasteiger charge is 2.32. The summed E-state index contributed by atoms with van der Waals surface area (Å²) >= 11 is 0. The van der Waals surface area contributed by atoms with Gasteiger partial charge in [0.05, 0.1) is 13.2 Å². The van der Waals surface area contributed by atoms with Crippen molar-refractivity contribution >= 4 is 8.07 Å². The van der Waals surface area contributed by atoms with Crippen LogP contribution >= 0.6 is 0 Å². The van der Waals surface area contributed by atoms with Gasteiger partial charge in [-0.3, -0.25) is 0 Å². The second kappa shape index (κ2) is 8.13. The Morgan fingerprint density at radius 2 is 1.50 bits per heavy atom. The Hall–Kier alpha value is -0.123. The molecule has 0 saturated carbocycles. The number of rotatable bonds is 9. The summed E-state index contributed by atoms with van der Waals surface area (Å²) < 4.78 is 10.8. The van der Waals surface area contributed by atoms with Gasteiger partial charge in [-0.25, -0.2) is 0 Å². The van der Waals surface area contributed by atoms with E-state index in [0.717, 1.165) is 19.6 Å². The van der Waals surface area contributed by atoms with Crippen LogP contribution in [0.2, 0.25) is 25.7 Å². The van der Waals surface area contributed by atoms with Crippen molar-refractivity contribution in [3.63, 3.8) is 0 Å². The van der Waals surface area contributed by atoms with Crippen LogP contribution in [0.4, 0.5) is 0 Å². The summed E-state index contributed by atoms with van der Waals surface area (Å²) in [5, 5.41) is 0. The molecule has 0 spiro atoms. The summed E-state index contributed by atoms with van der Waals surface area (Å²) in [5.41, 5.74) is 0.111. The fraction of sp³-hybridized carbons (Fsp3) is 0.867. The molecule has 0 aromatic carbocycles. The minimum absolute atomic E-state index is 0.111. The highest BCUT2D eigenvalue weighted by atomic mass is 28.3. The van der Waals surface area contributed by atoms with Crippen LogP contribution in [0.15, 0.2) is 12.2 Å². The molecule has 0 amide bonds. The first kappa shape index (κ1) is 17.9. The zero-order valence-electron chi connectivity index (χ0n) is 13.4. The van der Waals surface area contributed by atoms with E-state index in [9.17, 15) is 0 Å². The Morgan fingerprint density at radius 3 is 1.83 bits per heavy atom. The maximum atomic E-state index is 5.41. The molecule has 0 aliphatic rings. The van der Waals surface area contributed by atoms with Crippen LogP contribution in [0.25, 0.3) is 0 Å². The maximum absolute atomic E-state index is 5.41. The minimum Gasteiger partial charge on any atom is -0.384 e. The van der Waals surface area contributed by atoms with Crippen molar-refractivity contribution in [1.29, 1.82) is 0 Å². The molecule has 18 heavy (non-hydrogen) atoms. The van der Waals surface area contributed by atoms with Crippen molar-refractivity contribution in [3.8, 4) is 0 Å². The van der Waals surface area contributed by atoms with Gasteiger partial charge in [0, 0.05) is 27.7 Å². The van der Waals surface area contributed by atoms with E-state index in [1.165, 1.54) is 6.04 Å². The number of allylic oxidation sites excluding steroid dienone is 2. The first-order valence-corrected chi connectivity index (χ1v) is 10.6. The Balaban J connectivity index is 4.58. The number of hydrogen-bond acceptors (Lipinski definition) is 2. The van der Waals surface area contributed by atoms with Gasteiger partial charge in [-0.2, -0.15) is 0 Å². The molecular formula is C15H32O2Si. The molecule has 3 heteroatoms. The van der Waals surface area contributed by atoms with Crippen LogP contribution < -0.4 is 0 Å². The van der Waals surface area contributed by atoms with E-state index < -0.39 is 8.07 Å². The van der Waals surface area contributed by atoms with Gasteiger partial charge in [0.2, 0.25) is 0 Å². The number of hydrogen-bond donors (Lipinski definition) is 0. The molecule has 0 radical (unpaired) electrons. The van der Waals surface area contributed by atoms with Crippen LogP contribution in [0, 0.1) is 11.3 Å². The largest absolute Gasteiger partial charge is 0.384 e. The normalized spacial score (nSPS) is 13.8. The topological polar surface area (TPSA) is 18.5 Å². The average Bonchev–Trinajstić information content (AvgIpc) is 2.23. The third-order valence-electron chi connectivity index (χ3n) is 3.51. The molecule has 0 atom stereocenters. The predicted molar refractivity (Wildman–Crippen MR) is 82.9 cm³/mol. The monoisotopic (exact) mass is 272 g/mol. The maximum Gasteiger partial charge on any atom is 0.0546 e. The summed E-state index contributed by atoms with van der Waals surface area (Å²) in [6.07, 6.45) is 5.72. The Kier molecular flexibility index (Phi) is 8.07. The molecule has 0 aliphatic carbocycles. The van der Waals surface area contributed by atoms with Gasteiger partial charge in [0.25, 0.3) is 0 Å². The summed E-state index contributed by atoms with van der Waals surface area (Å²) in [7, 11) is 2.59. The molecule has 2 nitrogen and oxygen atoms in total. The van der Waals surface area contributed by atoms with Gasteiger partial charge >= 0.3 is 0 Å². The lowest BCUT2D eigenvalue weighted by molar-refractivity contribution is -0.0184. The third kappa shape index (κ3) is 6.71. The third-order valence-corrected chi connectivity index (χ3v) is 4.97. The van der Waals surface area contributed by atoms with E-state index in [2.05, 4.69) is 45.6 Å². The van der Waals surface area contributed by atoms with Crippen LogP contribution in [0.1, 0.15) is 20.3 Å². The minimum atomic E-state index is -0.967. The molecular weight excluding hydrogens is 240 g/mol. The zero-order valence-corrected chi connectivity index (χ0v) is 14.4. The Labute approximate surface area is 115 Å². The lowest BCUT2D eigenvalue weighted by Crippen LogP contribution is -2.36. The molecule has 0 aromatic heterocycles. The van der Waals surface area contributed by atoms with Crippen LogP contribution in [0.5, 0.6) is 0 Å². The van der Waals surface area contributed by atoms with Gasteiger partial charge in [-0.1, -0.05) is 45.6 Å². The fourth-order valence-electron chi connectivity index (χ4n) is 2.06. The van der Waals surface area contributed by atoms with Crippen molar-refractivity contribution in [2.45, 2.75) is 46.0 Å². The van der Waals surface area contributed by atoms with Crippen molar-refractivity contribution in [3.05, 3.63) is 12.2 Å². The molecule has 0 fully saturated rings. The lowest BCUT2D eigenvalue weighted by atomic mass is 9.75. The summed E-state index contributed by atoms with van der Waals surface area (Å²) in [4.78, 5) is 0. The number of ether oxygens (including phenoxy) is 2. The standard InChI is InChI=1S/C15H32O2Si/c1-14(2)15(12-16-3,13-17-4)10-8-9-11-18(5,6)7/h8-9,14H,10-13H2,1-7H3/b9-8+. The van der Waals surface area contributed by atoms with E-state index in [0.29, 0.717) is 5.92 Å². The highest BCUT2D eigenvalue weighted by Crippen LogP contribution is 2.33. The van der Waals surface area contributed by atoms with Gasteiger partial charge in [-0.15, -0.1) is 0 Å². The van der Waals surface area contributed by atoms with Gasteiger partial charge in [0.15, 0.2) is 0 Å². The van der Waals surface area contributed by atoms with Gasteiger partial charge in [-0.05, 0) is 18.4 Å². The molecule has 108 valence electrons. The second-order valence-corrected chi connectivity index (χ2v) is 12.4. The quantitative estimate of drug-likeness (QED) is 0.462. The van der Waals surface area contributed by atoms with Crippen molar-refractivity contribution in [1.82, 2.24) is 0 Å². The van der Waals surface area contributed by atoms with Crippen molar-refractivity contribution in [2.24, 2.45) is 11.3 Å². The molecule has 0 unspecified atom stereocenters. The predicted octanol–water partition coefficient (Wildman–Crippen LogP) is 4.21. The Morgan fingerprint density at radius 1 is 1.00 bits per heavy atom. The van der Waals surface area contributed by atoms with Crippen LogP contribution in [0.3, 0.4) is 0 Å². The summed E-state index contributed by atoms with van der Waals surface area (Å²) in [6, 6.07) is 1.25. The fourth-order valence-corrected chi connectivity index (χ4v) is 2.93.